The molecule has 3 rings (SSSR count). The Morgan fingerprint density at radius 1 is 1.09 bits per heavy atom. The second-order valence-corrected chi connectivity index (χ2v) is 6.70. The van der Waals surface area contributed by atoms with Crippen LogP contribution in [0, 0.1) is 0 Å². The number of rotatable bonds is 4. The number of aromatic nitrogens is 1. The molecule has 0 bridgehead atoms. The minimum atomic E-state index is 0.0186. The van der Waals surface area contributed by atoms with Crippen LogP contribution in [-0.2, 0) is 11.3 Å². The zero-order chi connectivity index (χ0) is 16.1. The summed E-state index contributed by atoms with van der Waals surface area (Å²) in [6, 6.07) is 6.09. The first-order chi connectivity index (χ1) is 11.2. The van der Waals surface area contributed by atoms with Crippen LogP contribution in [0.1, 0.15) is 31.9 Å². The number of amides is 1. The van der Waals surface area contributed by atoms with E-state index in [9.17, 15) is 4.79 Å². The Morgan fingerprint density at radius 3 is 2.48 bits per heavy atom. The molecule has 1 atom stereocenters. The molecule has 5 heteroatoms. The smallest absolute Gasteiger partial charge is 0.239 e. The fourth-order valence-corrected chi connectivity index (χ4v) is 3.56. The lowest BCUT2D eigenvalue weighted by Crippen LogP contribution is -2.54. The van der Waals surface area contributed by atoms with Gasteiger partial charge in [-0.15, -0.1) is 0 Å². The van der Waals surface area contributed by atoms with E-state index in [1.165, 1.54) is 6.42 Å². The molecule has 1 unspecified atom stereocenters. The van der Waals surface area contributed by atoms with Crippen LogP contribution >= 0.6 is 0 Å². The van der Waals surface area contributed by atoms with Gasteiger partial charge in [-0.2, -0.15) is 0 Å². The number of nitrogens with zero attached hydrogens (tertiary/aromatic N) is 4. The van der Waals surface area contributed by atoms with Crippen molar-refractivity contribution in [1.82, 2.24) is 19.7 Å². The van der Waals surface area contributed by atoms with Crippen LogP contribution in [0.5, 0.6) is 0 Å². The van der Waals surface area contributed by atoms with Crippen molar-refractivity contribution in [3.63, 3.8) is 0 Å². The molecule has 0 radical (unpaired) electrons. The van der Waals surface area contributed by atoms with Crippen LogP contribution in [0.25, 0.3) is 0 Å². The lowest BCUT2D eigenvalue weighted by Gasteiger charge is -2.39. The topological polar surface area (TPSA) is 39.7 Å². The normalized spacial score (nSPS) is 22.0. The summed E-state index contributed by atoms with van der Waals surface area (Å²) < 4.78 is 0. The zero-order valence-electron chi connectivity index (χ0n) is 14.2. The van der Waals surface area contributed by atoms with Crippen molar-refractivity contribution in [1.29, 1.82) is 0 Å². The summed E-state index contributed by atoms with van der Waals surface area (Å²) in [6.45, 7) is 8.82. The fourth-order valence-electron chi connectivity index (χ4n) is 3.56. The van der Waals surface area contributed by atoms with Crippen LogP contribution < -0.4 is 0 Å². The van der Waals surface area contributed by atoms with E-state index in [-0.39, 0.29) is 6.04 Å². The maximum Gasteiger partial charge on any atom is 0.239 e. The maximum atomic E-state index is 12.6. The predicted octanol–water partition coefficient (Wildman–Crippen LogP) is 1.60. The third kappa shape index (κ3) is 4.30. The van der Waals surface area contributed by atoms with Crippen molar-refractivity contribution in [2.75, 3.05) is 39.3 Å². The van der Waals surface area contributed by atoms with Crippen molar-refractivity contribution in [3.05, 3.63) is 30.1 Å². The highest BCUT2D eigenvalue weighted by Crippen LogP contribution is 2.14. The number of carbonyl (C=O) groups is 1. The van der Waals surface area contributed by atoms with Crippen LogP contribution in [0.3, 0.4) is 0 Å². The van der Waals surface area contributed by atoms with Crippen LogP contribution in [0.4, 0.5) is 0 Å². The van der Waals surface area contributed by atoms with E-state index in [1.807, 2.05) is 18.3 Å². The maximum absolute atomic E-state index is 12.6. The van der Waals surface area contributed by atoms with Gasteiger partial charge >= 0.3 is 0 Å². The molecule has 2 aliphatic heterocycles. The molecule has 0 N–H and O–H groups in total. The van der Waals surface area contributed by atoms with Gasteiger partial charge in [0.05, 0.1) is 11.7 Å². The summed E-state index contributed by atoms with van der Waals surface area (Å²) in [5.41, 5.74) is 1.12. The number of likely N-dealkylation sites (tertiary alicyclic amines) is 1. The van der Waals surface area contributed by atoms with E-state index in [0.29, 0.717) is 5.91 Å². The van der Waals surface area contributed by atoms with Crippen LogP contribution in [-0.4, -0.2) is 70.9 Å². The van der Waals surface area contributed by atoms with Gasteiger partial charge in [0.15, 0.2) is 0 Å². The Kier molecular flexibility index (Phi) is 5.62. The molecule has 0 spiro atoms. The minimum Gasteiger partial charge on any atom is -0.341 e. The van der Waals surface area contributed by atoms with Crippen LogP contribution in [0.2, 0.25) is 0 Å². The average Bonchev–Trinajstić information content (AvgIpc) is 2.63. The summed E-state index contributed by atoms with van der Waals surface area (Å²) in [5, 5.41) is 0. The third-order valence-electron chi connectivity index (χ3n) is 5.09. The summed E-state index contributed by atoms with van der Waals surface area (Å²) in [7, 11) is 0. The first-order valence-electron chi connectivity index (χ1n) is 8.89. The highest BCUT2D eigenvalue weighted by molar-refractivity contribution is 5.81. The van der Waals surface area contributed by atoms with Crippen molar-refractivity contribution in [2.24, 2.45) is 0 Å². The molecule has 0 aromatic carbocycles. The van der Waals surface area contributed by atoms with E-state index in [2.05, 4.69) is 32.7 Å². The van der Waals surface area contributed by atoms with E-state index in [0.717, 1.165) is 64.3 Å². The SMILES string of the molecule is CC(C(=O)N1CCCCC1)N1CCN(Cc2ccccn2)CC1. The molecule has 2 saturated heterocycles. The predicted molar refractivity (Wildman–Crippen MR) is 91.0 cm³/mol. The van der Waals surface area contributed by atoms with E-state index in [4.69, 9.17) is 0 Å². The summed E-state index contributed by atoms with van der Waals surface area (Å²) in [6.07, 6.45) is 5.45. The first kappa shape index (κ1) is 16.4. The highest BCUT2D eigenvalue weighted by atomic mass is 16.2. The summed E-state index contributed by atoms with van der Waals surface area (Å²) in [5.74, 6) is 0.322. The van der Waals surface area contributed by atoms with Gasteiger partial charge < -0.3 is 4.90 Å². The van der Waals surface area contributed by atoms with Gasteiger partial charge in [-0.05, 0) is 38.3 Å². The Bertz CT molecular complexity index is 493. The molecule has 23 heavy (non-hydrogen) atoms. The average molecular weight is 316 g/mol. The van der Waals surface area contributed by atoms with E-state index >= 15 is 0 Å². The van der Waals surface area contributed by atoms with E-state index in [1.54, 1.807) is 0 Å². The van der Waals surface area contributed by atoms with Crippen LogP contribution in [0.15, 0.2) is 24.4 Å². The molecule has 0 saturated carbocycles. The molecule has 2 aliphatic rings. The molecule has 5 nitrogen and oxygen atoms in total. The molecular formula is C18H28N4O. The molecule has 1 aromatic rings. The van der Waals surface area contributed by atoms with Crippen molar-refractivity contribution in [3.8, 4) is 0 Å². The van der Waals surface area contributed by atoms with Crippen molar-refractivity contribution >= 4 is 5.91 Å². The number of piperazine rings is 1. The molecule has 1 aromatic heterocycles. The second-order valence-electron chi connectivity index (χ2n) is 6.70. The highest BCUT2D eigenvalue weighted by Gasteiger charge is 2.29. The molecule has 0 aliphatic carbocycles. The molecule has 3 heterocycles. The third-order valence-corrected chi connectivity index (χ3v) is 5.09. The zero-order valence-corrected chi connectivity index (χ0v) is 14.2. The van der Waals surface area contributed by atoms with Crippen molar-refractivity contribution in [2.45, 2.75) is 38.8 Å². The number of hydrogen-bond donors (Lipinski definition) is 0. The number of pyridine rings is 1. The Hall–Kier alpha value is -1.46. The molecule has 1 amide bonds. The minimum absolute atomic E-state index is 0.0186. The monoisotopic (exact) mass is 316 g/mol. The Morgan fingerprint density at radius 2 is 1.83 bits per heavy atom. The van der Waals surface area contributed by atoms with Gasteiger partial charge in [0.1, 0.15) is 0 Å². The van der Waals surface area contributed by atoms with Gasteiger partial charge in [-0.1, -0.05) is 6.07 Å². The number of hydrogen-bond acceptors (Lipinski definition) is 4. The molecule has 2 fully saturated rings. The van der Waals surface area contributed by atoms with E-state index < -0.39 is 0 Å². The Labute approximate surface area is 139 Å². The van der Waals surface area contributed by atoms with Crippen molar-refractivity contribution < 1.29 is 4.79 Å². The van der Waals surface area contributed by atoms with Gasteiger partial charge in [0.25, 0.3) is 0 Å². The summed E-state index contributed by atoms with van der Waals surface area (Å²) >= 11 is 0. The molecular weight excluding hydrogens is 288 g/mol. The largest absolute Gasteiger partial charge is 0.341 e. The fraction of sp³-hybridized carbons (Fsp3) is 0.667. The molecule has 126 valence electrons. The van der Waals surface area contributed by atoms with Gasteiger partial charge in [-0.25, -0.2) is 0 Å². The number of carbonyl (C=O) groups excluding carboxylic acids is 1. The quantitative estimate of drug-likeness (QED) is 0.846. The lowest BCUT2D eigenvalue weighted by molar-refractivity contribution is -0.138. The summed E-state index contributed by atoms with van der Waals surface area (Å²) in [4.78, 5) is 23.9. The standard InChI is InChI=1S/C18H28N4O/c1-16(18(23)22-9-5-2-6-10-22)21-13-11-20(12-14-21)15-17-7-3-4-8-19-17/h3-4,7-8,16H,2,5-6,9-15H2,1H3. The second kappa shape index (κ2) is 7.88. The Balaban J connectivity index is 1.47. The van der Waals surface area contributed by atoms with Gasteiger partial charge in [0.2, 0.25) is 5.91 Å². The van der Waals surface area contributed by atoms with Gasteiger partial charge in [0, 0.05) is 52.0 Å². The first-order valence-corrected chi connectivity index (χ1v) is 8.89. The number of piperidine rings is 1. The van der Waals surface area contributed by atoms with Gasteiger partial charge in [-0.3, -0.25) is 19.6 Å². The lowest BCUT2D eigenvalue weighted by atomic mass is 10.1.